The number of hydrogen-bond acceptors (Lipinski definition) is 2. The Balaban J connectivity index is 2.22. The number of halogens is 2. The number of imidazole rings is 1. The summed E-state index contributed by atoms with van der Waals surface area (Å²) in [5.41, 5.74) is 0.466. The van der Waals surface area contributed by atoms with Crippen LogP contribution < -0.4 is 5.32 Å². The molecule has 0 radical (unpaired) electrons. The highest BCUT2D eigenvalue weighted by atomic mass is 35.5. The predicted molar refractivity (Wildman–Crippen MR) is 63.1 cm³/mol. The summed E-state index contributed by atoms with van der Waals surface area (Å²) in [6.07, 6.45) is 4.45. The first-order valence-corrected chi connectivity index (χ1v) is 5.17. The van der Waals surface area contributed by atoms with Crippen molar-refractivity contribution in [1.29, 1.82) is 0 Å². The van der Waals surface area contributed by atoms with Gasteiger partial charge in [-0.15, -0.1) is 0 Å². The van der Waals surface area contributed by atoms with Crippen molar-refractivity contribution in [3.05, 3.63) is 47.0 Å². The minimum absolute atomic E-state index is 0.317. The molecule has 0 aliphatic carbocycles. The molecule has 1 amide bonds. The van der Waals surface area contributed by atoms with Gasteiger partial charge in [-0.2, -0.15) is 0 Å². The molecular formula is C10H7Cl2N3O. The van der Waals surface area contributed by atoms with Gasteiger partial charge in [0.1, 0.15) is 6.33 Å². The van der Waals surface area contributed by atoms with Crippen molar-refractivity contribution < 1.29 is 4.79 Å². The van der Waals surface area contributed by atoms with Gasteiger partial charge < -0.3 is 5.32 Å². The standard InChI is InChI=1S/C10H7Cl2N3O/c11-7-2-1-3-8(9(7)12)14-10(16)15-5-4-13-6-15/h1-6H,(H,14,16). The molecule has 0 saturated carbocycles. The monoisotopic (exact) mass is 255 g/mol. The van der Waals surface area contributed by atoms with E-state index >= 15 is 0 Å². The second kappa shape index (κ2) is 4.55. The van der Waals surface area contributed by atoms with Crippen LogP contribution in [0.2, 0.25) is 10.0 Å². The maximum absolute atomic E-state index is 11.6. The van der Waals surface area contributed by atoms with Crippen LogP contribution in [0, 0.1) is 0 Å². The van der Waals surface area contributed by atoms with Gasteiger partial charge >= 0.3 is 6.03 Å². The lowest BCUT2D eigenvalue weighted by Gasteiger charge is -2.07. The van der Waals surface area contributed by atoms with E-state index in [1.54, 1.807) is 18.2 Å². The van der Waals surface area contributed by atoms with E-state index < -0.39 is 0 Å². The molecule has 1 aromatic heterocycles. The Morgan fingerprint density at radius 1 is 1.38 bits per heavy atom. The summed E-state index contributed by atoms with van der Waals surface area (Å²) in [6.45, 7) is 0. The zero-order valence-corrected chi connectivity index (χ0v) is 9.53. The van der Waals surface area contributed by atoms with Crippen LogP contribution in [0.1, 0.15) is 0 Å². The van der Waals surface area contributed by atoms with Gasteiger partial charge in [0.2, 0.25) is 0 Å². The van der Waals surface area contributed by atoms with Crippen LogP contribution in [0.5, 0.6) is 0 Å². The van der Waals surface area contributed by atoms with Crippen molar-refractivity contribution in [2.45, 2.75) is 0 Å². The summed E-state index contributed by atoms with van der Waals surface area (Å²) in [6, 6.07) is 4.68. The van der Waals surface area contributed by atoms with Crippen LogP contribution in [0.15, 0.2) is 36.9 Å². The van der Waals surface area contributed by atoms with Crippen molar-refractivity contribution in [2.75, 3.05) is 5.32 Å². The number of aromatic nitrogens is 2. The molecule has 0 saturated heterocycles. The molecule has 1 heterocycles. The quantitative estimate of drug-likeness (QED) is 0.851. The molecule has 0 bridgehead atoms. The molecule has 0 fully saturated rings. The summed E-state index contributed by atoms with van der Waals surface area (Å²) in [5, 5.41) is 3.33. The van der Waals surface area contributed by atoms with Crippen LogP contribution in [0.4, 0.5) is 10.5 Å². The fourth-order valence-electron chi connectivity index (χ4n) is 1.16. The number of hydrogen-bond donors (Lipinski definition) is 1. The van der Waals surface area contributed by atoms with Crippen molar-refractivity contribution in [3.63, 3.8) is 0 Å². The molecule has 4 nitrogen and oxygen atoms in total. The van der Waals surface area contributed by atoms with E-state index in [1.807, 2.05) is 0 Å². The molecule has 0 atom stereocenters. The topological polar surface area (TPSA) is 46.9 Å². The summed E-state index contributed by atoms with van der Waals surface area (Å²) >= 11 is 11.7. The van der Waals surface area contributed by atoms with E-state index in [9.17, 15) is 4.79 Å². The Labute approximate surface area is 102 Å². The van der Waals surface area contributed by atoms with E-state index in [4.69, 9.17) is 23.2 Å². The molecule has 16 heavy (non-hydrogen) atoms. The molecule has 0 spiro atoms. The number of nitrogens with zero attached hydrogens (tertiary/aromatic N) is 2. The van der Waals surface area contributed by atoms with Gasteiger partial charge in [-0.05, 0) is 12.1 Å². The van der Waals surface area contributed by atoms with Crippen LogP contribution in [0.25, 0.3) is 0 Å². The van der Waals surface area contributed by atoms with Crippen LogP contribution >= 0.6 is 23.2 Å². The van der Waals surface area contributed by atoms with E-state index in [2.05, 4.69) is 10.3 Å². The number of amides is 1. The predicted octanol–water partition coefficient (Wildman–Crippen LogP) is 3.27. The lowest BCUT2D eigenvalue weighted by molar-refractivity contribution is 0.253. The number of carbonyl (C=O) groups is 1. The van der Waals surface area contributed by atoms with E-state index in [-0.39, 0.29) is 6.03 Å². The minimum atomic E-state index is -0.346. The highest BCUT2D eigenvalue weighted by Gasteiger charge is 2.08. The SMILES string of the molecule is O=C(Nc1cccc(Cl)c1Cl)n1ccnc1. The average Bonchev–Trinajstić information content (AvgIpc) is 2.78. The first-order valence-electron chi connectivity index (χ1n) is 4.42. The first kappa shape index (κ1) is 11.0. The molecular weight excluding hydrogens is 249 g/mol. The number of nitrogens with one attached hydrogen (secondary N) is 1. The second-order valence-corrected chi connectivity index (χ2v) is 3.79. The number of rotatable bonds is 1. The van der Waals surface area contributed by atoms with Crippen LogP contribution in [-0.2, 0) is 0 Å². The third-order valence-electron chi connectivity index (χ3n) is 1.93. The van der Waals surface area contributed by atoms with Crippen LogP contribution in [0.3, 0.4) is 0 Å². The van der Waals surface area contributed by atoms with Gasteiger partial charge in [-0.25, -0.2) is 9.78 Å². The maximum atomic E-state index is 11.6. The van der Waals surface area contributed by atoms with Gasteiger partial charge in [-0.1, -0.05) is 29.3 Å². The minimum Gasteiger partial charge on any atom is -0.306 e. The van der Waals surface area contributed by atoms with E-state index in [0.717, 1.165) is 0 Å². The lowest BCUT2D eigenvalue weighted by atomic mass is 10.3. The lowest BCUT2D eigenvalue weighted by Crippen LogP contribution is -2.17. The van der Waals surface area contributed by atoms with Gasteiger partial charge in [0.05, 0.1) is 15.7 Å². The summed E-state index contributed by atoms with van der Waals surface area (Å²) in [5.74, 6) is 0. The van der Waals surface area contributed by atoms with Crippen LogP contribution in [-0.4, -0.2) is 15.6 Å². The fourth-order valence-corrected chi connectivity index (χ4v) is 1.51. The Hall–Kier alpha value is -1.52. The Morgan fingerprint density at radius 3 is 2.88 bits per heavy atom. The smallest absolute Gasteiger partial charge is 0.306 e. The summed E-state index contributed by atoms with van der Waals surface area (Å²) < 4.78 is 1.30. The van der Waals surface area contributed by atoms with E-state index in [1.165, 1.54) is 23.3 Å². The molecule has 0 aliphatic heterocycles. The van der Waals surface area contributed by atoms with E-state index in [0.29, 0.717) is 15.7 Å². The van der Waals surface area contributed by atoms with Crippen molar-refractivity contribution in [1.82, 2.24) is 9.55 Å². The molecule has 6 heteroatoms. The number of carbonyl (C=O) groups excluding carboxylic acids is 1. The zero-order valence-electron chi connectivity index (χ0n) is 8.02. The Kier molecular flexibility index (Phi) is 3.12. The van der Waals surface area contributed by atoms with Gasteiger partial charge in [0.15, 0.2) is 0 Å². The third-order valence-corrected chi connectivity index (χ3v) is 2.75. The van der Waals surface area contributed by atoms with Crippen molar-refractivity contribution in [2.24, 2.45) is 0 Å². The van der Waals surface area contributed by atoms with Crippen molar-refractivity contribution in [3.8, 4) is 0 Å². The Morgan fingerprint density at radius 2 is 2.19 bits per heavy atom. The second-order valence-electron chi connectivity index (χ2n) is 3.00. The molecule has 1 N–H and O–H groups in total. The molecule has 1 aromatic carbocycles. The molecule has 82 valence electrons. The molecule has 2 rings (SSSR count). The van der Waals surface area contributed by atoms with Gasteiger partial charge in [0, 0.05) is 12.4 Å². The fraction of sp³-hybridized carbons (Fsp3) is 0. The molecule has 2 aromatic rings. The van der Waals surface area contributed by atoms with Gasteiger partial charge in [-0.3, -0.25) is 4.57 Å². The highest BCUT2D eigenvalue weighted by Crippen LogP contribution is 2.29. The largest absolute Gasteiger partial charge is 0.331 e. The maximum Gasteiger partial charge on any atom is 0.331 e. The first-order chi connectivity index (χ1) is 7.68. The molecule has 0 aliphatic rings. The average molecular weight is 256 g/mol. The number of benzene rings is 1. The van der Waals surface area contributed by atoms with Gasteiger partial charge in [0.25, 0.3) is 0 Å². The summed E-state index contributed by atoms with van der Waals surface area (Å²) in [4.78, 5) is 15.4. The molecule has 0 unspecified atom stereocenters. The normalized spacial score (nSPS) is 10.1. The highest BCUT2D eigenvalue weighted by molar-refractivity contribution is 6.43. The number of anilines is 1. The summed E-state index contributed by atoms with van der Waals surface area (Å²) in [7, 11) is 0. The van der Waals surface area contributed by atoms with Crippen molar-refractivity contribution >= 4 is 34.9 Å². The Bertz CT molecular complexity index is 511. The third kappa shape index (κ3) is 2.18. The zero-order chi connectivity index (χ0) is 11.5.